The number of nitrogens with zero attached hydrogens (tertiary/aromatic N) is 2. The van der Waals surface area contributed by atoms with Gasteiger partial charge in [-0.3, -0.25) is 19.3 Å². The molecule has 1 N–H and O–H groups in total. The van der Waals surface area contributed by atoms with E-state index in [0.29, 0.717) is 38.8 Å². The van der Waals surface area contributed by atoms with Gasteiger partial charge in [0, 0.05) is 60.5 Å². The zero-order valence-electron chi connectivity index (χ0n) is 20.3. The third kappa shape index (κ3) is 5.28. The topological polar surface area (TPSA) is 69.7 Å². The normalized spacial score (nSPS) is 15.4. The number of carbonyl (C=O) groups is 3. The first kappa shape index (κ1) is 25.5. The molecule has 37 heavy (non-hydrogen) atoms. The second kappa shape index (κ2) is 11.1. The minimum absolute atomic E-state index is 0.186. The average molecular weight is 536 g/mol. The molecule has 1 amide bonds. The van der Waals surface area contributed by atoms with Crippen molar-refractivity contribution in [3.05, 3.63) is 98.5 Å². The second-order valence-corrected chi connectivity index (χ2v) is 10.1. The molecule has 0 aromatic heterocycles. The first-order valence-electron chi connectivity index (χ1n) is 12.5. The van der Waals surface area contributed by atoms with Crippen LogP contribution in [0.2, 0.25) is 10.0 Å². The number of unbranched alkanes of at least 4 members (excludes halogenated alkanes) is 1. The van der Waals surface area contributed by atoms with E-state index in [1.807, 2.05) is 12.1 Å². The van der Waals surface area contributed by atoms with Crippen LogP contribution in [0.3, 0.4) is 0 Å². The molecule has 1 heterocycles. The van der Waals surface area contributed by atoms with E-state index in [0.717, 1.165) is 51.3 Å². The van der Waals surface area contributed by atoms with E-state index in [4.69, 9.17) is 23.2 Å². The van der Waals surface area contributed by atoms with Gasteiger partial charge in [0.1, 0.15) is 0 Å². The number of fused-ring (bicyclic) bond motifs is 2. The van der Waals surface area contributed by atoms with Crippen molar-refractivity contribution in [1.82, 2.24) is 10.2 Å². The predicted molar refractivity (Wildman–Crippen MR) is 146 cm³/mol. The van der Waals surface area contributed by atoms with Crippen molar-refractivity contribution in [3.63, 3.8) is 0 Å². The smallest absolute Gasteiger partial charge is 0.251 e. The number of ketones is 2. The third-order valence-electron chi connectivity index (χ3n) is 7.02. The van der Waals surface area contributed by atoms with E-state index in [-0.39, 0.29) is 23.0 Å². The first-order chi connectivity index (χ1) is 17.9. The van der Waals surface area contributed by atoms with Gasteiger partial charge in [-0.05, 0) is 49.7 Å². The third-order valence-corrected chi connectivity index (χ3v) is 7.83. The fourth-order valence-electron chi connectivity index (χ4n) is 4.95. The zero-order chi connectivity index (χ0) is 25.9. The van der Waals surface area contributed by atoms with E-state index >= 15 is 0 Å². The molecular formula is C29H27Cl2N3O3. The van der Waals surface area contributed by atoms with E-state index in [2.05, 4.69) is 15.1 Å². The van der Waals surface area contributed by atoms with Crippen LogP contribution in [0, 0.1) is 0 Å². The van der Waals surface area contributed by atoms with Crippen LogP contribution in [-0.2, 0) is 0 Å². The van der Waals surface area contributed by atoms with Crippen molar-refractivity contribution in [1.29, 1.82) is 0 Å². The van der Waals surface area contributed by atoms with Gasteiger partial charge >= 0.3 is 0 Å². The number of rotatable bonds is 7. The summed E-state index contributed by atoms with van der Waals surface area (Å²) in [6.07, 6.45) is 1.81. The monoisotopic (exact) mass is 535 g/mol. The number of halogens is 2. The number of hydrogen-bond donors (Lipinski definition) is 1. The molecule has 0 atom stereocenters. The molecule has 8 heteroatoms. The molecule has 5 rings (SSSR count). The average Bonchev–Trinajstić information content (AvgIpc) is 2.93. The summed E-state index contributed by atoms with van der Waals surface area (Å²) in [4.78, 5) is 43.1. The Morgan fingerprint density at radius 2 is 1.46 bits per heavy atom. The van der Waals surface area contributed by atoms with Crippen molar-refractivity contribution in [2.75, 3.05) is 44.2 Å². The Bertz CT molecular complexity index is 1370. The molecule has 1 fully saturated rings. The zero-order valence-corrected chi connectivity index (χ0v) is 21.8. The van der Waals surface area contributed by atoms with Crippen LogP contribution in [0.1, 0.15) is 55.0 Å². The van der Waals surface area contributed by atoms with Crippen LogP contribution >= 0.6 is 23.2 Å². The molecule has 190 valence electrons. The molecule has 1 saturated heterocycles. The number of piperazine rings is 1. The molecule has 3 aromatic rings. The van der Waals surface area contributed by atoms with Crippen molar-refractivity contribution in [2.24, 2.45) is 0 Å². The molecule has 3 aromatic carbocycles. The summed E-state index contributed by atoms with van der Waals surface area (Å²) in [6, 6.07) is 17.2. The van der Waals surface area contributed by atoms with Gasteiger partial charge in [0.05, 0.1) is 15.7 Å². The summed E-state index contributed by atoms with van der Waals surface area (Å²) in [5.74, 6) is -0.653. The Hall–Kier alpha value is -3.19. The van der Waals surface area contributed by atoms with Gasteiger partial charge in [0.2, 0.25) is 0 Å². The van der Waals surface area contributed by atoms with Gasteiger partial charge in [-0.1, -0.05) is 53.5 Å². The SMILES string of the molecule is O=C(NCCCCN1CCN(c2cccc(Cl)c2Cl)CC1)c1ccc2c(c1)C(=O)c1ccccc1C2=O. The number of anilines is 1. The summed E-state index contributed by atoms with van der Waals surface area (Å²) in [5, 5.41) is 4.12. The van der Waals surface area contributed by atoms with Crippen molar-refractivity contribution < 1.29 is 14.4 Å². The van der Waals surface area contributed by atoms with Crippen LogP contribution < -0.4 is 10.2 Å². The Balaban J connectivity index is 1.08. The molecular weight excluding hydrogens is 509 g/mol. The maximum Gasteiger partial charge on any atom is 0.251 e. The summed E-state index contributed by atoms with van der Waals surface area (Å²) in [6.45, 7) is 5.17. The Labute approximate surface area is 226 Å². The van der Waals surface area contributed by atoms with Crippen LogP contribution in [0.15, 0.2) is 60.7 Å². The summed E-state index contributed by atoms with van der Waals surface area (Å²) >= 11 is 12.5. The van der Waals surface area contributed by atoms with E-state index < -0.39 is 0 Å². The Kier molecular flexibility index (Phi) is 7.60. The highest BCUT2D eigenvalue weighted by Gasteiger charge is 2.30. The van der Waals surface area contributed by atoms with Crippen molar-refractivity contribution in [2.45, 2.75) is 12.8 Å². The molecule has 1 aliphatic heterocycles. The largest absolute Gasteiger partial charge is 0.368 e. The maximum absolute atomic E-state index is 12.9. The van der Waals surface area contributed by atoms with Gasteiger partial charge < -0.3 is 10.2 Å². The number of benzene rings is 3. The van der Waals surface area contributed by atoms with Crippen LogP contribution in [0.5, 0.6) is 0 Å². The molecule has 0 radical (unpaired) electrons. The second-order valence-electron chi connectivity index (χ2n) is 9.33. The highest BCUT2D eigenvalue weighted by Crippen LogP contribution is 2.33. The van der Waals surface area contributed by atoms with E-state index in [1.165, 1.54) is 6.07 Å². The van der Waals surface area contributed by atoms with Gasteiger partial charge in [-0.2, -0.15) is 0 Å². The minimum atomic E-state index is -0.242. The lowest BCUT2D eigenvalue weighted by Crippen LogP contribution is -2.46. The highest BCUT2D eigenvalue weighted by molar-refractivity contribution is 6.43. The number of amides is 1. The standard InChI is InChI=1S/C29H27Cl2N3O3/c30-24-8-5-9-25(26(24)31)34-16-14-33(15-17-34)13-4-3-12-32-29(37)19-10-11-22-23(18-19)28(36)21-7-2-1-6-20(21)27(22)35/h1-2,5-11,18H,3-4,12-17H2,(H,32,37). The van der Waals surface area contributed by atoms with Gasteiger partial charge in [0.25, 0.3) is 5.91 Å². The fraction of sp³-hybridized carbons (Fsp3) is 0.276. The molecule has 6 nitrogen and oxygen atoms in total. The number of hydrogen-bond acceptors (Lipinski definition) is 5. The van der Waals surface area contributed by atoms with Crippen LogP contribution in [0.4, 0.5) is 5.69 Å². The van der Waals surface area contributed by atoms with E-state index in [1.54, 1.807) is 42.5 Å². The van der Waals surface area contributed by atoms with Crippen LogP contribution in [-0.4, -0.2) is 61.6 Å². The fourth-order valence-corrected chi connectivity index (χ4v) is 5.37. The molecule has 2 aliphatic rings. The summed E-state index contributed by atoms with van der Waals surface area (Å²) < 4.78 is 0. The van der Waals surface area contributed by atoms with Crippen molar-refractivity contribution in [3.8, 4) is 0 Å². The first-order valence-corrected chi connectivity index (χ1v) is 13.2. The Morgan fingerprint density at radius 3 is 2.19 bits per heavy atom. The molecule has 0 bridgehead atoms. The minimum Gasteiger partial charge on any atom is -0.368 e. The van der Waals surface area contributed by atoms with Crippen LogP contribution in [0.25, 0.3) is 0 Å². The summed E-state index contributed by atoms with van der Waals surface area (Å²) in [7, 11) is 0. The van der Waals surface area contributed by atoms with Gasteiger partial charge in [-0.25, -0.2) is 0 Å². The van der Waals surface area contributed by atoms with E-state index in [9.17, 15) is 14.4 Å². The summed E-state index contributed by atoms with van der Waals surface area (Å²) in [5.41, 5.74) is 2.79. The highest BCUT2D eigenvalue weighted by atomic mass is 35.5. The molecule has 1 aliphatic carbocycles. The molecule has 0 unspecified atom stereocenters. The van der Waals surface area contributed by atoms with Gasteiger partial charge in [-0.15, -0.1) is 0 Å². The number of carbonyl (C=O) groups excluding carboxylic acids is 3. The van der Waals surface area contributed by atoms with Crippen molar-refractivity contribution >= 4 is 46.4 Å². The lowest BCUT2D eigenvalue weighted by molar-refractivity contribution is 0.0950. The van der Waals surface area contributed by atoms with Gasteiger partial charge in [0.15, 0.2) is 11.6 Å². The maximum atomic E-state index is 12.9. The predicted octanol–water partition coefficient (Wildman–Crippen LogP) is 5.10. The molecule has 0 saturated carbocycles. The Morgan fingerprint density at radius 1 is 0.784 bits per heavy atom. The quantitative estimate of drug-likeness (QED) is 0.333. The lowest BCUT2D eigenvalue weighted by Gasteiger charge is -2.36. The number of nitrogens with one attached hydrogen (secondary N) is 1. The molecule has 0 spiro atoms. The lowest BCUT2D eigenvalue weighted by atomic mass is 9.83.